The fourth-order valence-corrected chi connectivity index (χ4v) is 1.27. The predicted octanol–water partition coefficient (Wildman–Crippen LogP) is 2.42. The number of alkyl halides is 2. The third kappa shape index (κ3) is 3.12. The van der Waals surface area contributed by atoms with E-state index in [1.54, 1.807) is 0 Å². The number of carbonyl (C=O) groups is 1. The van der Waals surface area contributed by atoms with Gasteiger partial charge in [0.15, 0.2) is 0 Å². The average molecular weight is 260 g/mol. The summed E-state index contributed by atoms with van der Waals surface area (Å²) in [6.07, 6.45) is -2.94. The molecule has 1 aromatic rings. The maximum Gasteiger partial charge on any atom is 0.325 e. The van der Waals surface area contributed by atoms with Gasteiger partial charge in [0.05, 0.1) is 4.92 Å². The Labute approximate surface area is 100 Å². The van der Waals surface area contributed by atoms with Crippen molar-refractivity contribution in [1.82, 2.24) is 0 Å². The molecule has 2 N–H and O–H groups in total. The summed E-state index contributed by atoms with van der Waals surface area (Å²) in [6.45, 7) is 1.28. The molecule has 0 spiro atoms. The van der Waals surface area contributed by atoms with Gasteiger partial charge in [0.25, 0.3) is 12.1 Å². The highest BCUT2D eigenvalue weighted by Gasteiger charge is 2.20. The molecule has 8 heteroatoms. The lowest BCUT2D eigenvalue weighted by atomic mass is 10.1. The summed E-state index contributed by atoms with van der Waals surface area (Å²) in [6, 6.07) is 1.74. The molecular formula is C10H10F2N2O4. The molecular weight excluding hydrogens is 250 g/mol. The number of hydrogen-bond donors (Lipinski definition) is 2. The van der Waals surface area contributed by atoms with Crippen LogP contribution in [-0.2, 0) is 4.79 Å². The number of nitro benzene ring substituents is 1. The van der Waals surface area contributed by atoms with Crippen molar-refractivity contribution >= 4 is 17.3 Å². The molecule has 6 nitrogen and oxygen atoms in total. The van der Waals surface area contributed by atoms with Crippen LogP contribution in [0.5, 0.6) is 0 Å². The normalized spacial score (nSPS) is 12.2. The van der Waals surface area contributed by atoms with E-state index in [2.05, 4.69) is 5.32 Å². The van der Waals surface area contributed by atoms with Crippen LogP contribution < -0.4 is 5.32 Å². The van der Waals surface area contributed by atoms with Crippen molar-refractivity contribution in [1.29, 1.82) is 0 Å². The van der Waals surface area contributed by atoms with Crippen LogP contribution in [0.25, 0.3) is 0 Å². The zero-order valence-corrected chi connectivity index (χ0v) is 9.26. The van der Waals surface area contributed by atoms with Crippen molar-refractivity contribution in [3.05, 3.63) is 33.9 Å². The van der Waals surface area contributed by atoms with Crippen molar-refractivity contribution in [2.45, 2.75) is 19.4 Å². The number of nitro groups is 1. The Bertz CT molecular complexity index is 479. The predicted molar refractivity (Wildman–Crippen MR) is 58.8 cm³/mol. The molecule has 0 heterocycles. The molecule has 1 rings (SSSR count). The van der Waals surface area contributed by atoms with Gasteiger partial charge in [-0.1, -0.05) is 0 Å². The fourth-order valence-electron chi connectivity index (χ4n) is 1.27. The number of nitrogens with one attached hydrogen (secondary N) is 1. The highest BCUT2D eigenvalue weighted by Crippen LogP contribution is 2.31. The lowest BCUT2D eigenvalue weighted by Crippen LogP contribution is -2.26. The lowest BCUT2D eigenvalue weighted by molar-refractivity contribution is -0.385. The Morgan fingerprint density at radius 2 is 2.11 bits per heavy atom. The van der Waals surface area contributed by atoms with Gasteiger partial charge >= 0.3 is 5.97 Å². The molecule has 0 saturated carbocycles. The van der Waals surface area contributed by atoms with E-state index in [0.29, 0.717) is 0 Å². The zero-order valence-electron chi connectivity index (χ0n) is 9.26. The molecule has 1 atom stereocenters. The summed E-state index contributed by atoms with van der Waals surface area (Å²) in [5.74, 6) is -1.21. The number of hydrogen-bond acceptors (Lipinski definition) is 4. The smallest absolute Gasteiger partial charge is 0.325 e. The molecule has 0 saturated heterocycles. The van der Waals surface area contributed by atoms with E-state index < -0.39 is 34.6 Å². The first-order valence-electron chi connectivity index (χ1n) is 4.88. The fraction of sp³-hybridized carbons (Fsp3) is 0.300. The molecule has 0 amide bonds. The van der Waals surface area contributed by atoms with Crippen LogP contribution >= 0.6 is 0 Å². The molecule has 1 unspecified atom stereocenters. The molecule has 1 aromatic carbocycles. The summed E-state index contributed by atoms with van der Waals surface area (Å²) in [4.78, 5) is 20.3. The minimum Gasteiger partial charge on any atom is -0.480 e. The number of aliphatic carboxylic acids is 1. The maximum atomic E-state index is 12.7. The van der Waals surface area contributed by atoms with Crippen LogP contribution in [-0.4, -0.2) is 22.0 Å². The van der Waals surface area contributed by atoms with E-state index in [-0.39, 0.29) is 5.69 Å². The number of nitrogens with zero attached hydrogens (tertiary/aromatic N) is 1. The Hall–Kier alpha value is -2.25. The second-order valence-corrected chi connectivity index (χ2v) is 3.53. The van der Waals surface area contributed by atoms with Gasteiger partial charge in [-0.15, -0.1) is 0 Å². The quantitative estimate of drug-likeness (QED) is 0.626. The van der Waals surface area contributed by atoms with Gasteiger partial charge in [-0.05, 0) is 13.0 Å². The van der Waals surface area contributed by atoms with Crippen LogP contribution in [0.4, 0.5) is 20.2 Å². The van der Waals surface area contributed by atoms with Crippen LogP contribution in [0.15, 0.2) is 18.2 Å². The number of anilines is 1. The van der Waals surface area contributed by atoms with Gasteiger partial charge in [-0.2, -0.15) is 0 Å². The van der Waals surface area contributed by atoms with E-state index in [1.807, 2.05) is 0 Å². The average Bonchev–Trinajstić information content (AvgIpc) is 2.28. The number of carboxylic acids is 1. The lowest BCUT2D eigenvalue weighted by Gasteiger charge is -2.14. The SMILES string of the molecule is CC(Nc1ccc([N+](=O)[O-])cc1C(F)F)C(=O)O. The molecule has 0 aliphatic rings. The van der Waals surface area contributed by atoms with Gasteiger partial charge in [-0.3, -0.25) is 14.9 Å². The standard InChI is InChI=1S/C10H10F2N2O4/c1-5(10(15)16)13-8-3-2-6(14(17)18)4-7(8)9(11)12/h2-5,9,13H,1H3,(H,15,16). The van der Waals surface area contributed by atoms with Gasteiger partial charge in [-0.25, -0.2) is 8.78 Å². The van der Waals surface area contributed by atoms with E-state index in [9.17, 15) is 23.7 Å². The van der Waals surface area contributed by atoms with Crippen LogP contribution in [0.2, 0.25) is 0 Å². The molecule has 0 radical (unpaired) electrons. The summed E-state index contributed by atoms with van der Waals surface area (Å²) >= 11 is 0. The first kappa shape index (κ1) is 13.8. The van der Waals surface area contributed by atoms with Gasteiger partial charge in [0.1, 0.15) is 6.04 Å². The first-order valence-corrected chi connectivity index (χ1v) is 4.88. The van der Waals surface area contributed by atoms with Gasteiger partial charge in [0.2, 0.25) is 0 Å². The topological polar surface area (TPSA) is 92.5 Å². The number of benzene rings is 1. The number of halogens is 2. The molecule has 0 aliphatic carbocycles. The van der Waals surface area contributed by atoms with Crippen LogP contribution in [0, 0.1) is 10.1 Å². The van der Waals surface area contributed by atoms with E-state index >= 15 is 0 Å². The molecule has 0 bridgehead atoms. The number of rotatable bonds is 5. The van der Waals surface area contributed by atoms with Crippen molar-refractivity contribution in [2.24, 2.45) is 0 Å². The third-order valence-corrected chi connectivity index (χ3v) is 2.22. The second-order valence-electron chi connectivity index (χ2n) is 3.53. The Morgan fingerprint density at radius 1 is 1.50 bits per heavy atom. The Kier molecular flexibility index (Phi) is 4.13. The summed E-state index contributed by atoms with van der Waals surface area (Å²) in [5.41, 5.74) is -1.21. The number of non-ortho nitro benzene ring substituents is 1. The minimum absolute atomic E-state index is 0.134. The maximum absolute atomic E-state index is 12.7. The summed E-state index contributed by atoms with van der Waals surface area (Å²) < 4.78 is 25.4. The van der Waals surface area contributed by atoms with Crippen molar-refractivity contribution < 1.29 is 23.6 Å². The second kappa shape index (κ2) is 5.39. The Morgan fingerprint density at radius 3 is 2.56 bits per heavy atom. The minimum atomic E-state index is -2.94. The monoisotopic (exact) mass is 260 g/mol. The van der Waals surface area contributed by atoms with Gasteiger partial charge < -0.3 is 10.4 Å². The van der Waals surface area contributed by atoms with Crippen molar-refractivity contribution in [2.75, 3.05) is 5.32 Å². The van der Waals surface area contributed by atoms with E-state index in [1.165, 1.54) is 6.92 Å². The molecule has 98 valence electrons. The van der Waals surface area contributed by atoms with Gasteiger partial charge in [0, 0.05) is 23.4 Å². The first-order chi connectivity index (χ1) is 8.32. The summed E-state index contributed by atoms with van der Waals surface area (Å²) in [7, 11) is 0. The highest BCUT2D eigenvalue weighted by atomic mass is 19.3. The van der Waals surface area contributed by atoms with Crippen LogP contribution in [0.1, 0.15) is 18.9 Å². The van der Waals surface area contributed by atoms with E-state index in [4.69, 9.17) is 5.11 Å². The van der Waals surface area contributed by atoms with E-state index in [0.717, 1.165) is 18.2 Å². The van der Waals surface area contributed by atoms with Crippen LogP contribution in [0.3, 0.4) is 0 Å². The zero-order chi connectivity index (χ0) is 13.9. The Balaban J connectivity index is 3.11. The number of carboxylic acid groups (broad SMARTS) is 1. The van der Waals surface area contributed by atoms with Crippen molar-refractivity contribution in [3.63, 3.8) is 0 Å². The molecule has 0 aromatic heterocycles. The largest absolute Gasteiger partial charge is 0.480 e. The molecule has 0 aliphatic heterocycles. The highest BCUT2D eigenvalue weighted by molar-refractivity contribution is 5.77. The third-order valence-electron chi connectivity index (χ3n) is 2.22. The van der Waals surface area contributed by atoms with Crippen molar-refractivity contribution in [3.8, 4) is 0 Å². The molecule has 18 heavy (non-hydrogen) atoms. The summed E-state index contributed by atoms with van der Waals surface area (Å²) in [5, 5.41) is 21.5. The molecule has 0 fully saturated rings.